The highest BCUT2D eigenvalue weighted by Gasteiger charge is 2.29. The minimum absolute atomic E-state index is 0.261. The van der Waals surface area contributed by atoms with Crippen LogP contribution in [-0.2, 0) is 16.1 Å². The van der Waals surface area contributed by atoms with Gasteiger partial charge in [-0.15, -0.1) is 0 Å². The summed E-state index contributed by atoms with van der Waals surface area (Å²) in [5.74, 6) is 0.426. The highest BCUT2D eigenvalue weighted by atomic mass is 16.5. The van der Waals surface area contributed by atoms with Gasteiger partial charge in [0, 0.05) is 12.1 Å². The lowest BCUT2D eigenvalue weighted by atomic mass is 9.95. The molecule has 1 rings (SSSR count). The molecule has 0 bridgehead atoms. The molecule has 0 unspecified atom stereocenters. The predicted molar refractivity (Wildman–Crippen MR) is 65.6 cm³/mol. The molecule has 0 heterocycles. The van der Waals surface area contributed by atoms with E-state index in [0.29, 0.717) is 12.3 Å². The quantitative estimate of drug-likeness (QED) is 0.792. The molecule has 0 radical (unpaired) electrons. The standard InChI is InChI=1S/C13H19NO3/c1-13(2,12(15)16-3)9-17-11-7-5-4-6-10(11)8-14/h4-7H,8-9,14H2,1-3H3. The lowest BCUT2D eigenvalue weighted by Gasteiger charge is -2.22. The van der Waals surface area contributed by atoms with E-state index in [1.807, 2.05) is 24.3 Å². The fraction of sp³-hybridized carbons (Fsp3) is 0.462. The van der Waals surface area contributed by atoms with Gasteiger partial charge in [-0.2, -0.15) is 0 Å². The van der Waals surface area contributed by atoms with Gasteiger partial charge in [-0.05, 0) is 19.9 Å². The summed E-state index contributed by atoms with van der Waals surface area (Å²) in [6.07, 6.45) is 0. The average Bonchev–Trinajstić information content (AvgIpc) is 2.35. The van der Waals surface area contributed by atoms with Crippen LogP contribution in [0.15, 0.2) is 24.3 Å². The van der Waals surface area contributed by atoms with Crippen LogP contribution in [0.25, 0.3) is 0 Å². The number of hydrogen-bond donors (Lipinski definition) is 1. The zero-order valence-corrected chi connectivity index (χ0v) is 10.5. The molecule has 2 N–H and O–H groups in total. The topological polar surface area (TPSA) is 61.5 Å². The van der Waals surface area contributed by atoms with E-state index in [-0.39, 0.29) is 12.6 Å². The zero-order valence-electron chi connectivity index (χ0n) is 10.5. The summed E-state index contributed by atoms with van der Waals surface area (Å²) in [5, 5.41) is 0. The van der Waals surface area contributed by atoms with Crippen LogP contribution >= 0.6 is 0 Å². The van der Waals surface area contributed by atoms with Gasteiger partial charge in [0.05, 0.1) is 12.5 Å². The van der Waals surface area contributed by atoms with Crippen LogP contribution in [0.4, 0.5) is 0 Å². The summed E-state index contributed by atoms with van der Waals surface area (Å²) >= 11 is 0. The molecule has 1 aromatic rings. The van der Waals surface area contributed by atoms with E-state index in [1.54, 1.807) is 13.8 Å². The Kier molecular flexibility index (Phi) is 4.52. The van der Waals surface area contributed by atoms with Crippen LogP contribution in [0.5, 0.6) is 5.75 Å². The largest absolute Gasteiger partial charge is 0.492 e. The molecule has 17 heavy (non-hydrogen) atoms. The second-order valence-corrected chi connectivity index (χ2v) is 4.48. The third-order valence-electron chi connectivity index (χ3n) is 2.52. The van der Waals surface area contributed by atoms with E-state index in [4.69, 9.17) is 15.2 Å². The van der Waals surface area contributed by atoms with Gasteiger partial charge in [0.15, 0.2) is 0 Å². The molecule has 0 saturated heterocycles. The zero-order chi connectivity index (χ0) is 12.9. The van der Waals surface area contributed by atoms with Gasteiger partial charge in [0.1, 0.15) is 12.4 Å². The lowest BCUT2D eigenvalue weighted by molar-refractivity contribution is -0.152. The summed E-state index contributed by atoms with van der Waals surface area (Å²) in [5.41, 5.74) is 5.86. The van der Waals surface area contributed by atoms with Gasteiger partial charge in [-0.1, -0.05) is 18.2 Å². The van der Waals surface area contributed by atoms with E-state index in [2.05, 4.69) is 0 Å². The van der Waals surface area contributed by atoms with Crippen LogP contribution in [0.1, 0.15) is 19.4 Å². The van der Waals surface area contributed by atoms with Gasteiger partial charge in [-0.25, -0.2) is 0 Å². The Morgan fingerprint density at radius 3 is 2.59 bits per heavy atom. The van der Waals surface area contributed by atoms with Crippen molar-refractivity contribution < 1.29 is 14.3 Å². The number of carbonyl (C=O) groups excluding carboxylic acids is 1. The van der Waals surface area contributed by atoms with Crippen molar-refractivity contribution in [1.29, 1.82) is 0 Å². The molecule has 0 saturated carbocycles. The summed E-state index contributed by atoms with van der Waals surface area (Å²) in [4.78, 5) is 11.5. The average molecular weight is 237 g/mol. The number of methoxy groups -OCH3 is 1. The summed E-state index contributed by atoms with van der Waals surface area (Å²) < 4.78 is 10.4. The van der Waals surface area contributed by atoms with Crippen molar-refractivity contribution in [2.45, 2.75) is 20.4 Å². The van der Waals surface area contributed by atoms with Crippen molar-refractivity contribution in [3.05, 3.63) is 29.8 Å². The maximum absolute atomic E-state index is 11.5. The Bertz CT molecular complexity index is 388. The molecular weight excluding hydrogens is 218 g/mol. The van der Waals surface area contributed by atoms with Gasteiger partial charge >= 0.3 is 5.97 Å². The molecule has 0 aliphatic rings. The SMILES string of the molecule is COC(=O)C(C)(C)COc1ccccc1CN. The van der Waals surface area contributed by atoms with Crippen LogP contribution in [0.2, 0.25) is 0 Å². The Hall–Kier alpha value is -1.55. The maximum atomic E-state index is 11.5. The number of benzene rings is 1. The first-order chi connectivity index (χ1) is 8.01. The second-order valence-electron chi connectivity index (χ2n) is 4.48. The van der Waals surface area contributed by atoms with Crippen LogP contribution in [0.3, 0.4) is 0 Å². The van der Waals surface area contributed by atoms with Crippen molar-refractivity contribution in [3.8, 4) is 5.75 Å². The van der Waals surface area contributed by atoms with Gasteiger partial charge in [-0.3, -0.25) is 4.79 Å². The normalized spacial score (nSPS) is 11.1. The van der Waals surface area contributed by atoms with Crippen LogP contribution in [0, 0.1) is 5.41 Å². The third kappa shape index (κ3) is 3.46. The number of ether oxygens (including phenoxy) is 2. The van der Waals surface area contributed by atoms with Crippen molar-refractivity contribution in [3.63, 3.8) is 0 Å². The number of nitrogens with two attached hydrogens (primary N) is 1. The molecule has 0 aromatic heterocycles. The Labute approximate surface area is 102 Å². The van der Waals surface area contributed by atoms with E-state index in [1.165, 1.54) is 7.11 Å². The minimum Gasteiger partial charge on any atom is -0.492 e. The fourth-order valence-electron chi connectivity index (χ4n) is 1.41. The van der Waals surface area contributed by atoms with Crippen LogP contribution < -0.4 is 10.5 Å². The predicted octanol–water partition coefficient (Wildman–Crippen LogP) is 1.72. The van der Waals surface area contributed by atoms with Crippen molar-refractivity contribution in [2.24, 2.45) is 11.1 Å². The molecule has 1 aromatic carbocycles. The smallest absolute Gasteiger partial charge is 0.314 e. The molecule has 0 aliphatic heterocycles. The molecule has 94 valence electrons. The molecule has 0 fully saturated rings. The van der Waals surface area contributed by atoms with Crippen molar-refractivity contribution >= 4 is 5.97 Å². The van der Waals surface area contributed by atoms with Crippen molar-refractivity contribution in [1.82, 2.24) is 0 Å². The molecule has 0 atom stereocenters. The maximum Gasteiger partial charge on any atom is 0.314 e. The van der Waals surface area contributed by atoms with E-state index in [9.17, 15) is 4.79 Å². The Balaban J connectivity index is 2.70. The number of esters is 1. The molecular formula is C13H19NO3. The lowest BCUT2D eigenvalue weighted by Crippen LogP contribution is -2.32. The number of para-hydroxylation sites is 1. The highest BCUT2D eigenvalue weighted by Crippen LogP contribution is 2.22. The monoisotopic (exact) mass is 237 g/mol. The summed E-state index contributed by atoms with van der Waals surface area (Å²) in [6, 6.07) is 7.52. The molecule has 4 nitrogen and oxygen atoms in total. The van der Waals surface area contributed by atoms with Gasteiger partial charge in [0.2, 0.25) is 0 Å². The van der Waals surface area contributed by atoms with Crippen LogP contribution in [-0.4, -0.2) is 19.7 Å². The Morgan fingerprint density at radius 1 is 1.35 bits per heavy atom. The summed E-state index contributed by atoms with van der Waals surface area (Å²) in [6.45, 7) is 4.24. The van der Waals surface area contributed by atoms with Gasteiger partial charge in [0.25, 0.3) is 0 Å². The Morgan fingerprint density at radius 2 is 2.00 bits per heavy atom. The summed E-state index contributed by atoms with van der Waals surface area (Å²) in [7, 11) is 1.37. The number of carbonyl (C=O) groups is 1. The van der Waals surface area contributed by atoms with E-state index in [0.717, 1.165) is 5.56 Å². The van der Waals surface area contributed by atoms with E-state index >= 15 is 0 Å². The van der Waals surface area contributed by atoms with Gasteiger partial charge < -0.3 is 15.2 Å². The third-order valence-corrected chi connectivity index (χ3v) is 2.52. The van der Waals surface area contributed by atoms with Crippen molar-refractivity contribution in [2.75, 3.05) is 13.7 Å². The first kappa shape index (κ1) is 13.5. The second kappa shape index (κ2) is 5.68. The fourth-order valence-corrected chi connectivity index (χ4v) is 1.41. The molecule has 0 aliphatic carbocycles. The first-order valence-corrected chi connectivity index (χ1v) is 5.50. The van der Waals surface area contributed by atoms with E-state index < -0.39 is 5.41 Å². The molecule has 4 heteroatoms. The number of hydrogen-bond acceptors (Lipinski definition) is 4. The minimum atomic E-state index is -0.670. The number of rotatable bonds is 5. The molecule has 0 spiro atoms. The first-order valence-electron chi connectivity index (χ1n) is 5.50. The molecule has 0 amide bonds. The highest BCUT2D eigenvalue weighted by molar-refractivity contribution is 5.75.